The van der Waals surface area contributed by atoms with Gasteiger partial charge in [0.15, 0.2) is 16.2 Å². The lowest BCUT2D eigenvalue weighted by Gasteiger charge is -2.22. The van der Waals surface area contributed by atoms with Crippen LogP contribution in [0.2, 0.25) is 0 Å². The molecule has 1 N–H and O–H groups in total. The molecule has 1 aliphatic heterocycles. The molecule has 2 heterocycles. The van der Waals surface area contributed by atoms with Crippen molar-refractivity contribution in [1.29, 1.82) is 0 Å². The predicted octanol–water partition coefficient (Wildman–Crippen LogP) is 3.90. The van der Waals surface area contributed by atoms with Gasteiger partial charge in [-0.25, -0.2) is 0 Å². The van der Waals surface area contributed by atoms with E-state index < -0.39 is 0 Å². The van der Waals surface area contributed by atoms with E-state index in [9.17, 15) is 0 Å². The number of halogens is 1. The Hall–Kier alpha value is -1.46. The van der Waals surface area contributed by atoms with Crippen LogP contribution < -0.4 is 14.8 Å². The summed E-state index contributed by atoms with van der Waals surface area (Å²) < 4.78 is 17.4. The summed E-state index contributed by atoms with van der Waals surface area (Å²) in [5.41, 5.74) is 2.22. The maximum Gasteiger partial charge on any atom is 0.174 e. The number of furan rings is 1. The molecule has 0 aliphatic carbocycles. The van der Waals surface area contributed by atoms with Gasteiger partial charge in [0.05, 0.1) is 12.3 Å². The van der Waals surface area contributed by atoms with E-state index in [2.05, 4.69) is 34.2 Å². The molecule has 0 fully saturated rings. The highest BCUT2D eigenvalue weighted by molar-refractivity contribution is 9.10. The Morgan fingerprint density at radius 1 is 1.19 bits per heavy atom. The summed E-state index contributed by atoms with van der Waals surface area (Å²) in [7, 11) is 0. The Morgan fingerprint density at radius 2 is 2.00 bits per heavy atom. The van der Waals surface area contributed by atoms with Crippen LogP contribution in [0.4, 0.5) is 0 Å². The number of fused-ring (bicyclic) bond motifs is 1. The van der Waals surface area contributed by atoms with Crippen molar-refractivity contribution in [3.05, 3.63) is 46.3 Å². The minimum Gasteiger partial charge on any atom is -0.486 e. The van der Waals surface area contributed by atoms with Gasteiger partial charge in [-0.1, -0.05) is 13.0 Å². The molecule has 4 nitrogen and oxygen atoms in total. The normalized spacial score (nSPS) is 15.0. The van der Waals surface area contributed by atoms with Gasteiger partial charge in [0.25, 0.3) is 0 Å². The minimum atomic E-state index is 0.0638. The topological polar surface area (TPSA) is 43.6 Å². The molecule has 1 aliphatic rings. The third-order valence-electron chi connectivity index (χ3n) is 3.46. The van der Waals surface area contributed by atoms with E-state index in [1.54, 1.807) is 6.26 Å². The largest absolute Gasteiger partial charge is 0.486 e. The molecule has 5 heteroatoms. The smallest absolute Gasteiger partial charge is 0.174 e. The summed E-state index contributed by atoms with van der Waals surface area (Å²) in [6.07, 6.45) is 2.76. The summed E-state index contributed by atoms with van der Waals surface area (Å²) in [6, 6.07) is 8.13. The lowest BCUT2D eigenvalue weighted by atomic mass is 10.0. The maximum absolute atomic E-state index is 5.68. The van der Waals surface area contributed by atoms with Gasteiger partial charge in [-0.15, -0.1) is 0 Å². The highest BCUT2D eigenvalue weighted by Crippen LogP contribution is 2.36. The van der Waals surface area contributed by atoms with Crippen LogP contribution in [0.5, 0.6) is 11.5 Å². The first-order chi connectivity index (χ1) is 10.3. The van der Waals surface area contributed by atoms with Crippen molar-refractivity contribution in [3.8, 4) is 11.5 Å². The van der Waals surface area contributed by atoms with E-state index >= 15 is 0 Å². The van der Waals surface area contributed by atoms with Crippen LogP contribution in [0.15, 0.2) is 39.6 Å². The Morgan fingerprint density at radius 3 is 2.71 bits per heavy atom. The van der Waals surface area contributed by atoms with Crippen molar-refractivity contribution in [2.75, 3.05) is 19.8 Å². The van der Waals surface area contributed by atoms with Gasteiger partial charge in [-0.05, 0) is 52.7 Å². The van der Waals surface area contributed by atoms with E-state index in [-0.39, 0.29) is 6.04 Å². The molecule has 21 heavy (non-hydrogen) atoms. The number of ether oxygens (including phenoxy) is 2. The second-order valence-corrected chi connectivity index (χ2v) is 5.66. The zero-order valence-electron chi connectivity index (χ0n) is 11.9. The molecule has 1 atom stereocenters. The molecular weight excluding hydrogens is 334 g/mol. The number of benzene rings is 1. The summed E-state index contributed by atoms with van der Waals surface area (Å²) in [5, 5.41) is 3.55. The Balaban J connectivity index is 1.94. The van der Waals surface area contributed by atoms with E-state index in [1.165, 1.54) is 0 Å². The lowest BCUT2D eigenvalue weighted by Crippen LogP contribution is -2.23. The molecule has 112 valence electrons. The van der Waals surface area contributed by atoms with Crippen molar-refractivity contribution in [2.24, 2.45) is 0 Å². The van der Waals surface area contributed by atoms with Crippen molar-refractivity contribution in [3.63, 3.8) is 0 Å². The van der Waals surface area contributed by atoms with Crippen molar-refractivity contribution in [1.82, 2.24) is 5.32 Å². The monoisotopic (exact) mass is 351 g/mol. The molecule has 0 spiro atoms. The summed E-state index contributed by atoms with van der Waals surface area (Å²) >= 11 is 3.47. The van der Waals surface area contributed by atoms with Gasteiger partial charge in [0, 0.05) is 5.56 Å². The number of rotatable bonds is 5. The van der Waals surface area contributed by atoms with Crippen LogP contribution in [-0.2, 0) is 0 Å². The van der Waals surface area contributed by atoms with Crippen LogP contribution >= 0.6 is 15.9 Å². The van der Waals surface area contributed by atoms with Crippen LogP contribution in [0.1, 0.15) is 30.5 Å². The molecule has 0 bridgehead atoms. The second kappa shape index (κ2) is 6.54. The molecular formula is C16H18BrNO3. The third kappa shape index (κ3) is 3.09. The van der Waals surface area contributed by atoms with Gasteiger partial charge in [-0.2, -0.15) is 0 Å². The van der Waals surface area contributed by atoms with Gasteiger partial charge < -0.3 is 19.2 Å². The molecule has 1 unspecified atom stereocenters. The maximum atomic E-state index is 5.68. The fourth-order valence-electron chi connectivity index (χ4n) is 2.45. The summed E-state index contributed by atoms with van der Waals surface area (Å²) in [5.74, 6) is 1.62. The highest BCUT2D eigenvalue weighted by Gasteiger charge is 2.21. The van der Waals surface area contributed by atoms with Crippen molar-refractivity contribution < 1.29 is 13.9 Å². The molecule has 0 amide bonds. The van der Waals surface area contributed by atoms with Crippen LogP contribution in [0.25, 0.3) is 0 Å². The Kier molecular flexibility index (Phi) is 4.51. The summed E-state index contributed by atoms with van der Waals surface area (Å²) in [4.78, 5) is 0. The highest BCUT2D eigenvalue weighted by atomic mass is 79.9. The van der Waals surface area contributed by atoms with E-state index in [1.807, 2.05) is 18.2 Å². The quantitative estimate of drug-likeness (QED) is 0.886. The zero-order valence-corrected chi connectivity index (χ0v) is 13.5. The fraction of sp³-hybridized carbons (Fsp3) is 0.375. The van der Waals surface area contributed by atoms with Gasteiger partial charge >= 0.3 is 0 Å². The Bertz CT molecular complexity index is 611. The first-order valence-corrected chi connectivity index (χ1v) is 7.94. The summed E-state index contributed by atoms with van der Waals surface area (Å²) in [6.45, 7) is 4.28. The molecule has 1 aromatic carbocycles. The SMILES string of the molecule is CCCNC(c1ccc2c(c1)OCCO2)c1ccoc1Br. The van der Waals surface area contributed by atoms with Gasteiger partial charge in [0.2, 0.25) is 0 Å². The predicted molar refractivity (Wildman–Crippen MR) is 84.0 cm³/mol. The van der Waals surface area contributed by atoms with Gasteiger partial charge in [-0.3, -0.25) is 0 Å². The second-order valence-electron chi connectivity index (χ2n) is 4.94. The third-order valence-corrected chi connectivity index (χ3v) is 4.10. The fourth-order valence-corrected chi connectivity index (χ4v) is 2.91. The average molecular weight is 352 g/mol. The van der Waals surface area contributed by atoms with E-state index in [0.717, 1.165) is 40.3 Å². The standard InChI is InChI=1S/C16H18BrNO3/c1-2-6-18-15(12-5-7-21-16(12)17)11-3-4-13-14(10-11)20-9-8-19-13/h3-5,7,10,15,18H,2,6,8-9H2,1H3. The molecule has 0 saturated carbocycles. The van der Waals surface area contributed by atoms with Gasteiger partial charge in [0.1, 0.15) is 13.2 Å². The van der Waals surface area contributed by atoms with Crippen molar-refractivity contribution >= 4 is 15.9 Å². The number of hydrogen-bond acceptors (Lipinski definition) is 4. The molecule has 2 aromatic rings. The zero-order chi connectivity index (χ0) is 14.7. The average Bonchev–Trinajstić information content (AvgIpc) is 2.94. The minimum absolute atomic E-state index is 0.0638. The number of hydrogen-bond donors (Lipinski definition) is 1. The molecule has 0 saturated heterocycles. The molecule has 0 radical (unpaired) electrons. The van der Waals surface area contributed by atoms with Crippen molar-refractivity contribution in [2.45, 2.75) is 19.4 Å². The number of nitrogens with one attached hydrogen (secondary N) is 1. The molecule has 1 aromatic heterocycles. The first-order valence-electron chi connectivity index (χ1n) is 7.15. The van der Waals surface area contributed by atoms with Crippen LogP contribution in [-0.4, -0.2) is 19.8 Å². The lowest BCUT2D eigenvalue weighted by molar-refractivity contribution is 0.171. The molecule has 3 rings (SSSR count). The van der Waals surface area contributed by atoms with Crippen LogP contribution in [0, 0.1) is 0 Å². The van der Waals surface area contributed by atoms with E-state index in [0.29, 0.717) is 13.2 Å². The van der Waals surface area contributed by atoms with Crippen LogP contribution in [0.3, 0.4) is 0 Å². The first kappa shape index (κ1) is 14.5. The Labute approximate surface area is 132 Å². The van der Waals surface area contributed by atoms with E-state index in [4.69, 9.17) is 13.9 Å².